The molecule has 0 radical (unpaired) electrons. The van der Waals surface area contributed by atoms with Crippen molar-refractivity contribution in [2.75, 3.05) is 31.6 Å². The maximum absolute atomic E-state index is 12.0. The third kappa shape index (κ3) is 4.40. The lowest BCUT2D eigenvalue weighted by atomic mass is 10.1. The predicted octanol–water partition coefficient (Wildman–Crippen LogP) is 2.29. The van der Waals surface area contributed by atoms with Gasteiger partial charge in [-0.15, -0.1) is 0 Å². The zero-order chi connectivity index (χ0) is 14.2. The Kier molecular flexibility index (Phi) is 5.65. The number of piperidine rings is 1. The Bertz CT molecular complexity index is 431. The highest BCUT2D eigenvalue weighted by Crippen LogP contribution is 2.12. The van der Waals surface area contributed by atoms with E-state index in [2.05, 4.69) is 10.3 Å². The summed E-state index contributed by atoms with van der Waals surface area (Å²) in [5.41, 5.74) is 0. The van der Waals surface area contributed by atoms with Crippen molar-refractivity contribution in [3.63, 3.8) is 0 Å². The number of nitrogens with one attached hydrogen (secondary N) is 1. The van der Waals surface area contributed by atoms with Crippen LogP contribution >= 0.6 is 0 Å². The fourth-order valence-corrected chi connectivity index (χ4v) is 2.34. The second kappa shape index (κ2) is 7.72. The molecule has 0 atom stereocenters. The van der Waals surface area contributed by atoms with Gasteiger partial charge in [-0.3, -0.25) is 4.79 Å². The topological polar surface area (TPSA) is 54.5 Å². The van der Waals surface area contributed by atoms with Crippen LogP contribution in [0.4, 0.5) is 5.82 Å². The summed E-state index contributed by atoms with van der Waals surface area (Å²) in [6.07, 6.45) is 4.03. The first-order chi connectivity index (χ1) is 9.79. The van der Waals surface area contributed by atoms with Gasteiger partial charge in [-0.2, -0.15) is 4.98 Å². The van der Waals surface area contributed by atoms with Crippen LogP contribution in [-0.2, 0) is 4.79 Å². The molecule has 110 valence electrons. The summed E-state index contributed by atoms with van der Waals surface area (Å²) in [5.74, 6) is 1.60. The van der Waals surface area contributed by atoms with Gasteiger partial charge in [0.25, 0.3) is 0 Å². The Morgan fingerprint density at radius 2 is 2.15 bits per heavy atom. The molecule has 0 bridgehead atoms. The molecule has 1 amide bonds. The van der Waals surface area contributed by atoms with Gasteiger partial charge in [0.15, 0.2) is 0 Å². The maximum Gasteiger partial charge on any atom is 0.224 e. The second-order valence-electron chi connectivity index (χ2n) is 4.91. The maximum atomic E-state index is 12.0. The lowest BCUT2D eigenvalue weighted by molar-refractivity contribution is -0.131. The molecule has 1 aliphatic heterocycles. The fraction of sp³-hybridized carbons (Fsp3) is 0.600. The molecule has 0 spiro atoms. The molecule has 5 nitrogen and oxygen atoms in total. The van der Waals surface area contributed by atoms with Gasteiger partial charge in [0, 0.05) is 32.1 Å². The minimum atomic E-state index is 0.234. The number of ether oxygens (including phenoxy) is 1. The molecular formula is C15H23N3O2. The van der Waals surface area contributed by atoms with Gasteiger partial charge in [-0.25, -0.2) is 0 Å². The molecule has 20 heavy (non-hydrogen) atoms. The SMILES string of the molecule is CCOc1cccc(NCCC(=O)N2CCCCC2)n1. The van der Waals surface area contributed by atoms with Gasteiger partial charge >= 0.3 is 0 Å². The Hall–Kier alpha value is -1.78. The monoisotopic (exact) mass is 277 g/mol. The van der Waals surface area contributed by atoms with Crippen molar-refractivity contribution < 1.29 is 9.53 Å². The van der Waals surface area contributed by atoms with E-state index in [0.29, 0.717) is 25.5 Å². The van der Waals surface area contributed by atoms with Crippen LogP contribution in [0.5, 0.6) is 5.88 Å². The molecule has 0 unspecified atom stereocenters. The van der Waals surface area contributed by atoms with Crippen LogP contribution in [0.15, 0.2) is 18.2 Å². The second-order valence-corrected chi connectivity index (χ2v) is 4.91. The zero-order valence-corrected chi connectivity index (χ0v) is 12.1. The van der Waals surface area contributed by atoms with Crippen LogP contribution in [0.25, 0.3) is 0 Å². The standard InChI is InChI=1S/C15H23N3O2/c1-2-20-14-8-6-7-13(17-14)16-10-9-15(19)18-11-4-3-5-12-18/h6-8H,2-5,9-12H2,1H3,(H,16,17). The molecule has 1 aliphatic rings. The predicted molar refractivity (Wildman–Crippen MR) is 78.9 cm³/mol. The van der Waals surface area contributed by atoms with E-state index in [1.807, 2.05) is 30.0 Å². The molecule has 5 heteroatoms. The van der Waals surface area contributed by atoms with Gasteiger partial charge in [0.05, 0.1) is 6.61 Å². The van der Waals surface area contributed by atoms with Crippen molar-refractivity contribution in [1.29, 1.82) is 0 Å². The van der Waals surface area contributed by atoms with Gasteiger partial charge in [-0.05, 0) is 32.3 Å². The number of hydrogen-bond donors (Lipinski definition) is 1. The van der Waals surface area contributed by atoms with Crippen molar-refractivity contribution in [1.82, 2.24) is 9.88 Å². The summed E-state index contributed by atoms with van der Waals surface area (Å²) in [5, 5.41) is 3.17. The Morgan fingerprint density at radius 1 is 1.35 bits per heavy atom. The van der Waals surface area contributed by atoms with Crippen molar-refractivity contribution in [3.05, 3.63) is 18.2 Å². The molecular weight excluding hydrogens is 254 g/mol. The molecule has 2 heterocycles. The number of anilines is 1. The van der Waals surface area contributed by atoms with E-state index >= 15 is 0 Å². The number of aromatic nitrogens is 1. The molecule has 1 aromatic heterocycles. The number of amides is 1. The summed E-state index contributed by atoms with van der Waals surface area (Å²) >= 11 is 0. The molecule has 1 N–H and O–H groups in total. The highest BCUT2D eigenvalue weighted by Gasteiger charge is 2.15. The van der Waals surface area contributed by atoms with E-state index in [9.17, 15) is 4.79 Å². The first-order valence-corrected chi connectivity index (χ1v) is 7.41. The molecule has 1 aromatic rings. The van der Waals surface area contributed by atoms with E-state index < -0.39 is 0 Å². The minimum absolute atomic E-state index is 0.234. The molecule has 1 saturated heterocycles. The summed E-state index contributed by atoms with van der Waals surface area (Å²) < 4.78 is 5.34. The van der Waals surface area contributed by atoms with Crippen molar-refractivity contribution in [2.45, 2.75) is 32.6 Å². The highest BCUT2D eigenvalue weighted by atomic mass is 16.5. The lowest BCUT2D eigenvalue weighted by Crippen LogP contribution is -2.36. The third-order valence-corrected chi connectivity index (χ3v) is 3.37. The van der Waals surface area contributed by atoms with Gasteiger partial charge < -0.3 is 15.0 Å². The van der Waals surface area contributed by atoms with E-state index in [1.165, 1.54) is 6.42 Å². The number of carbonyl (C=O) groups excluding carboxylic acids is 1. The van der Waals surface area contributed by atoms with Crippen LogP contribution in [0.3, 0.4) is 0 Å². The van der Waals surface area contributed by atoms with Crippen molar-refractivity contribution >= 4 is 11.7 Å². The van der Waals surface area contributed by atoms with Crippen LogP contribution in [0, 0.1) is 0 Å². The molecule has 0 aliphatic carbocycles. The lowest BCUT2D eigenvalue weighted by Gasteiger charge is -2.26. The van der Waals surface area contributed by atoms with Crippen LogP contribution < -0.4 is 10.1 Å². The van der Waals surface area contributed by atoms with Gasteiger partial charge in [0.2, 0.25) is 11.8 Å². The molecule has 2 rings (SSSR count). The van der Waals surface area contributed by atoms with Gasteiger partial charge in [0.1, 0.15) is 5.82 Å². The van der Waals surface area contributed by atoms with Crippen molar-refractivity contribution in [3.8, 4) is 5.88 Å². The Balaban J connectivity index is 1.74. The number of rotatable bonds is 6. The smallest absolute Gasteiger partial charge is 0.224 e. The van der Waals surface area contributed by atoms with E-state index in [0.717, 1.165) is 31.7 Å². The van der Waals surface area contributed by atoms with Gasteiger partial charge in [-0.1, -0.05) is 6.07 Å². The first kappa shape index (κ1) is 14.6. The number of carbonyl (C=O) groups is 1. The fourth-order valence-electron chi connectivity index (χ4n) is 2.34. The van der Waals surface area contributed by atoms with Crippen LogP contribution in [0.1, 0.15) is 32.6 Å². The minimum Gasteiger partial charge on any atom is -0.478 e. The molecule has 0 saturated carbocycles. The average Bonchev–Trinajstić information content (AvgIpc) is 2.49. The number of nitrogens with zero attached hydrogens (tertiary/aromatic N) is 2. The number of likely N-dealkylation sites (tertiary alicyclic amines) is 1. The number of pyridine rings is 1. The van der Waals surface area contributed by atoms with Crippen LogP contribution in [-0.4, -0.2) is 42.0 Å². The Morgan fingerprint density at radius 3 is 2.90 bits per heavy atom. The zero-order valence-electron chi connectivity index (χ0n) is 12.1. The van der Waals surface area contributed by atoms with Crippen molar-refractivity contribution in [2.24, 2.45) is 0 Å². The molecule has 1 fully saturated rings. The van der Waals surface area contributed by atoms with E-state index in [-0.39, 0.29) is 5.91 Å². The normalized spacial score (nSPS) is 14.9. The van der Waals surface area contributed by atoms with E-state index in [4.69, 9.17) is 4.74 Å². The number of hydrogen-bond acceptors (Lipinski definition) is 4. The quantitative estimate of drug-likeness (QED) is 0.867. The van der Waals surface area contributed by atoms with E-state index in [1.54, 1.807) is 0 Å². The summed E-state index contributed by atoms with van der Waals surface area (Å²) in [6.45, 7) is 4.97. The third-order valence-electron chi connectivity index (χ3n) is 3.37. The highest BCUT2D eigenvalue weighted by molar-refractivity contribution is 5.76. The largest absolute Gasteiger partial charge is 0.478 e. The molecule has 0 aromatic carbocycles. The summed E-state index contributed by atoms with van der Waals surface area (Å²) in [6, 6.07) is 5.61. The summed E-state index contributed by atoms with van der Waals surface area (Å²) in [4.78, 5) is 18.3. The summed E-state index contributed by atoms with van der Waals surface area (Å²) in [7, 11) is 0. The van der Waals surface area contributed by atoms with Crippen LogP contribution in [0.2, 0.25) is 0 Å². The average molecular weight is 277 g/mol. The Labute approximate surface area is 120 Å². The first-order valence-electron chi connectivity index (χ1n) is 7.41.